The van der Waals surface area contributed by atoms with Gasteiger partial charge >= 0.3 is 0 Å². The SMILES string of the molecule is Cc1nc(-c2ccccn2)n(CC(=O)NC2CCCc3ccccc32)n1. The Hall–Kier alpha value is -3.02. The second-order valence-electron chi connectivity index (χ2n) is 6.57. The van der Waals surface area contributed by atoms with Gasteiger partial charge in [0.15, 0.2) is 5.82 Å². The highest BCUT2D eigenvalue weighted by Gasteiger charge is 2.22. The quantitative estimate of drug-likeness (QED) is 0.788. The van der Waals surface area contributed by atoms with Crippen molar-refractivity contribution < 1.29 is 4.79 Å². The van der Waals surface area contributed by atoms with Gasteiger partial charge < -0.3 is 5.32 Å². The number of hydrogen-bond acceptors (Lipinski definition) is 4. The fourth-order valence-electron chi connectivity index (χ4n) is 3.53. The van der Waals surface area contributed by atoms with Gasteiger partial charge in [0.25, 0.3) is 0 Å². The van der Waals surface area contributed by atoms with Crippen molar-refractivity contribution in [2.45, 2.75) is 38.8 Å². The first-order chi connectivity index (χ1) is 12.7. The van der Waals surface area contributed by atoms with E-state index in [2.05, 4.69) is 38.6 Å². The maximum absolute atomic E-state index is 12.7. The van der Waals surface area contributed by atoms with Crippen LogP contribution in [0.15, 0.2) is 48.7 Å². The van der Waals surface area contributed by atoms with Crippen molar-refractivity contribution >= 4 is 5.91 Å². The molecule has 2 heterocycles. The van der Waals surface area contributed by atoms with E-state index in [1.54, 1.807) is 10.9 Å². The normalized spacial score (nSPS) is 16.1. The van der Waals surface area contributed by atoms with Crippen LogP contribution in [0.25, 0.3) is 11.5 Å². The third-order valence-corrected chi connectivity index (χ3v) is 4.67. The molecule has 1 amide bonds. The van der Waals surface area contributed by atoms with Crippen LogP contribution in [0.1, 0.15) is 35.8 Å². The maximum atomic E-state index is 12.7. The Kier molecular flexibility index (Phi) is 4.48. The zero-order chi connectivity index (χ0) is 17.9. The molecule has 0 saturated heterocycles. The number of aromatic nitrogens is 4. The topological polar surface area (TPSA) is 72.7 Å². The van der Waals surface area contributed by atoms with E-state index in [1.807, 2.05) is 31.2 Å². The zero-order valence-corrected chi connectivity index (χ0v) is 14.7. The molecule has 132 valence electrons. The Balaban J connectivity index is 1.52. The predicted octanol–water partition coefficient (Wildman–Crippen LogP) is 2.84. The number of nitrogens with one attached hydrogen (secondary N) is 1. The number of fused-ring (bicyclic) bond motifs is 1. The summed E-state index contributed by atoms with van der Waals surface area (Å²) in [6, 6.07) is 14.0. The van der Waals surface area contributed by atoms with Crippen LogP contribution in [0.4, 0.5) is 0 Å². The molecule has 1 atom stereocenters. The fourth-order valence-corrected chi connectivity index (χ4v) is 3.53. The third-order valence-electron chi connectivity index (χ3n) is 4.67. The lowest BCUT2D eigenvalue weighted by atomic mass is 9.88. The average molecular weight is 347 g/mol. The molecule has 4 rings (SSSR count). The average Bonchev–Trinajstić information content (AvgIpc) is 3.03. The lowest BCUT2D eigenvalue weighted by Crippen LogP contribution is -2.33. The van der Waals surface area contributed by atoms with Gasteiger partial charge in [0.2, 0.25) is 5.91 Å². The summed E-state index contributed by atoms with van der Waals surface area (Å²) in [7, 11) is 0. The van der Waals surface area contributed by atoms with Crippen LogP contribution in [0.5, 0.6) is 0 Å². The Morgan fingerprint density at radius 1 is 1.23 bits per heavy atom. The Labute approximate surface area is 152 Å². The van der Waals surface area contributed by atoms with Crippen molar-refractivity contribution in [1.82, 2.24) is 25.1 Å². The van der Waals surface area contributed by atoms with Crippen LogP contribution >= 0.6 is 0 Å². The Morgan fingerprint density at radius 3 is 2.92 bits per heavy atom. The Morgan fingerprint density at radius 2 is 2.08 bits per heavy atom. The lowest BCUT2D eigenvalue weighted by molar-refractivity contribution is -0.122. The van der Waals surface area contributed by atoms with Gasteiger partial charge in [-0.05, 0) is 49.4 Å². The highest BCUT2D eigenvalue weighted by Crippen LogP contribution is 2.29. The number of nitrogens with zero attached hydrogens (tertiary/aromatic N) is 4. The molecule has 1 aromatic carbocycles. The zero-order valence-electron chi connectivity index (χ0n) is 14.7. The minimum Gasteiger partial charge on any atom is -0.348 e. The largest absolute Gasteiger partial charge is 0.348 e. The van der Waals surface area contributed by atoms with E-state index in [4.69, 9.17) is 0 Å². The predicted molar refractivity (Wildman–Crippen MR) is 98.3 cm³/mol. The molecule has 0 radical (unpaired) electrons. The summed E-state index contributed by atoms with van der Waals surface area (Å²) in [6.45, 7) is 1.95. The van der Waals surface area contributed by atoms with Gasteiger partial charge in [-0.2, -0.15) is 5.10 Å². The summed E-state index contributed by atoms with van der Waals surface area (Å²) in [5.41, 5.74) is 3.27. The van der Waals surface area contributed by atoms with Gasteiger partial charge in [0.05, 0.1) is 6.04 Å². The molecular weight excluding hydrogens is 326 g/mol. The maximum Gasteiger partial charge on any atom is 0.242 e. The van der Waals surface area contributed by atoms with E-state index >= 15 is 0 Å². The van der Waals surface area contributed by atoms with Gasteiger partial charge in [0.1, 0.15) is 18.1 Å². The molecule has 26 heavy (non-hydrogen) atoms. The molecule has 3 aromatic rings. The van der Waals surface area contributed by atoms with Crippen LogP contribution in [-0.2, 0) is 17.8 Å². The number of benzene rings is 1. The van der Waals surface area contributed by atoms with E-state index in [9.17, 15) is 4.79 Å². The van der Waals surface area contributed by atoms with Crippen molar-refractivity contribution in [3.05, 3.63) is 65.6 Å². The lowest BCUT2D eigenvalue weighted by Gasteiger charge is -2.26. The summed E-state index contributed by atoms with van der Waals surface area (Å²) >= 11 is 0. The minimum absolute atomic E-state index is 0.0613. The highest BCUT2D eigenvalue weighted by atomic mass is 16.2. The van der Waals surface area contributed by atoms with Crippen molar-refractivity contribution in [2.75, 3.05) is 0 Å². The van der Waals surface area contributed by atoms with E-state index in [-0.39, 0.29) is 18.5 Å². The van der Waals surface area contributed by atoms with E-state index in [0.717, 1.165) is 19.3 Å². The van der Waals surface area contributed by atoms with Crippen molar-refractivity contribution in [2.24, 2.45) is 0 Å². The second kappa shape index (κ2) is 7.07. The molecule has 1 aliphatic carbocycles. The summed E-state index contributed by atoms with van der Waals surface area (Å²) in [5.74, 6) is 1.18. The van der Waals surface area contributed by atoms with Crippen LogP contribution < -0.4 is 5.32 Å². The number of hydrogen-bond donors (Lipinski definition) is 1. The molecule has 0 saturated carbocycles. The molecule has 0 bridgehead atoms. The minimum atomic E-state index is -0.0613. The number of carbonyl (C=O) groups is 1. The fraction of sp³-hybridized carbons (Fsp3) is 0.300. The monoisotopic (exact) mass is 347 g/mol. The van der Waals surface area contributed by atoms with E-state index in [1.165, 1.54) is 11.1 Å². The number of pyridine rings is 1. The number of carbonyl (C=O) groups excluding carboxylic acids is 1. The molecule has 6 nitrogen and oxygen atoms in total. The molecule has 1 aliphatic rings. The number of rotatable bonds is 4. The summed E-state index contributed by atoms with van der Waals surface area (Å²) < 4.78 is 1.63. The van der Waals surface area contributed by atoms with Crippen molar-refractivity contribution in [1.29, 1.82) is 0 Å². The van der Waals surface area contributed by atoms with Gasteiger partial charge in [-0.25, -0.2) is 9.67 Å². The Bertz CT molecular complexity index is 919. The molecule has 2 aromatic heterocycles. The van der Waals surface area contributed by atoms with Gasteiger partial charge in [-0.1, -0.05) is 30.3 Å². The third kappa shape index (κ3) is 3.35. The van der Waals surface area contributed by atoms with Crippen molar-refractivity contribution in [3.8, 4) is 11.5 Å². The first-order valence-electron chi connectivity index (χ1n) is 8.91. The second-order valence-corrected chi connectivity index (χ2v) is 6.57. The van der Waals surface area contributed by atoms with Crippen molar-refractivity contribution in [3.63, 3.8) is 0 Å². The standard InChI is InChI=1S/C20H21N5O/c1-14-22-20(18-10-4-5-12-21-18)25(24-14)13-19(26)23-17-11-6-8-15-7-2-3-9-16(15)17/h2-5,7,9-10,12,17H,6,8,11,13H2,1H3,(H,23,26). The highest BCUT2D eigenvalue weighted by molar-refractivity contribution is 5.76. The first-order valence-corrected chi connectivity index (χ1v) is 8.91. The molecule has 0 fully saturated rings. The van der Waals surface area contributed by atoms with Crippen LogP contribution in [0.3, 0.4) is 0 Å². The van der Waals surface area contributed by atoms with Gasteiger partial charge in [-0.15, -0.1) is 0 Å². The number of amides is 1. The molecule has 0 aliphatic heterocycles. The summed E-state index contributed by atoms with van der Waals surface area (Å²) in [5, 5.41) is 7.53. The first kappa shape index (κ1) is 16.4. The molecule has 1 unspecified atom stereocenters. The molecule has 6 heteroatoms. The summed E-state index contributed by atoms with van der Waals surface area (Å²) in [4.78, 5) is 21.4. The van der Waals surface area contributed by atoms with Gasteiger partial charge in [-0.3, -0.25) is 9.78 Å². The van der Waals surface area contributed by atoms with Crippen LogP contribution in [0, 0.1) is 6.92 Å². The summed E-state index contributed by atoms with van der Waals surface area (Å²) in [6.07, 6.45) is 4.84. The van der Waals surface area contributed by atoms with E-state index in [0.29, 0.717) is 17.3 Å². The van der Waals surface area contributed by atoms with E-state index < -0.39 is 0 Å². The smallest absolute Gasteiger partial charge is 0.242 e. The number of aryl methyl sites for hydroxylation is 2. The molecule has 0 spiro atoms. The van der Waals surface area contributed by atoms with Crippen LogP contribution in [0.2, 0.25) is 0 Å². The van der Waals surface area contributed by atoms with Crippen LogP contribution in [-0.4, -0.2) is 25.7 Å². The molecular formula is C20H21N5O. The molecule has 1 N–H and O–H groups in total. The van der Waals surface area contributed by atoms with Gasteiger partial charge in [0, 0.05) is 6.20 Å².